The third-order valence-corrected chi connectivity index (χ3v) is 4.39. The number of alkyl halides is 3. The van der Waals surface area contributed by atoms with Crippen LogP contribution >= 0.6 is 0 Å². The van der Waals surface area contributed by atoms with Crippen molar-refractivity contribution >= 4 is 0 Å². The SMILES string of the molecule is CC(N)C1(c2cc3c(cc2C(F)(F)F)OCCCO3)CC1. The Morgan fingerprint density at radius 2 is 1.71 bits per heavy atom. The lowest BCUT2D eigenvalue weighted by atomic mass is 9.85. The Bertz CT molecular complexity index is 551. The van der Waals surface area contributed by atoms with Crippen molar-refractivity contribution < 1.29 is 22.6 Å². The maximum Gasteiger partial charge on any atom is 0.416 e. The molecule has 1 aromatic rings. The zero-order chi connectivity index (χ0) is 15.3. The molecule has 0 aromatic heterocycles. The minimum absolute atomic E-state index is 0.170. The van der Waals surface area contributed by atoms with Crippen LogP contribution in [0.4, 0.5) is 13.2 Å². The largest absolute Gasteiger partial charge is 0.490 e. The van der Waals surface area contributed by atoms with E-state index < -0.39 is 17.2 Å². The standard InChI is InChI=1S/C15H18F3NO2/c1-9(19)14(3-4-14)10-7-12-13(21-6-2-5-20-12)8-11(10)15(16,17)18/h7-9H,2-6,19H2,1H3. The fraction of sp³-hybridized carbons (Fsp3) is 0.600. The summed E-state index contributed by atoms with van der Waals surface area (Å²) in [6.45, 7) is 2.57. The number of rotatable bonds is 2. The molecule has 0 radical (unpaired) electrons. The van der Waals surface area contributed by atoms with Gasteiger partial charge in [0.25, 0.3) is 0 Å². The first-order valence-corrected chi connectivity index (χ1v) is 7.11. The van der Waals surface area contributed by atoms with E-state index in [1.54, 1.807) is 6.92 Å². The van der Waals surface area contributed by atoms with Gasteiger partial charge in [0.05, 0.1) is 18.8 Å². The van der Waals surface area contributed by atoms with Crippen LogP contribution in [-0.2, 0) is 11.6 Å². The fourth-order valence-corrected chi connectivity index (χ4v) is 2.96. The molecule has 1 aliphatic heterocycles. The Labute approximate surface area is 121 Å². The molecule has 116 valence electrons. The first kappa shape index (κ1) is 14.5. The second-order valence-corrected chi connectivity index (χ2v) is 5.84. The molecule has 1 aliphatic carbocycles. The van der Waals surface area contributed by atoms with Gasteiger partial charge in [-0.15, -0.1) is 0 Å². The van der Waals surface area contributed by atoms with Gasteiger partial charge in [-0.05, 0) is 37.5 Å². The summed E-state index contributed by atoms with van der Waals surface area (Å²) in [4.78, 5) is 0. The van der Waals surface area contributed by atoms with Gasteiger partial charge in [-0.2, -0.15) is 13.2 Å². The van der Waals surface area contributed by atoms with E-state index >= 15 is 0 Å². The highest BCUT2D eigenvalue weighted by atomic mass is 19.4. The highest BCUT2D eigenvalue weighted by Crippen LogP contribution is 2.55. The van der Waals surface area contributed by atoms with E-state index in [2.05, 4.69) is 0 Å². The summed E-state index contributed by atoms with van der Waals surface area (Å²) in [6.07, 6.45) is -2.42. The lowest BCUT2D eigenvalue weighted by Crippen LogP contribution is -2.33. The van der Waals surface area contributed by atoms with Crippen molar-refractivity contribution in [3.05, 3.63) is 23.3 Å². The van der Waals surface area contributed by atoms with Gasteiger partial charge in [0.2, 0.25) is 0 Å². The van der Waals surface area contributed by atoms with Gasteiger partial charge >= 0.3 is 6.18 Å². The van der Waals surface area contributed by atoms with E-state index in [0.717, 1.165) is 6.07 Å². The van der Waals surface area contributed by atoms with Gasteiger partial charge in [-0.1, -0.05) is 0 Å². The molecule has 0 bridgehead atoms. The lowest BCUT2D eigenvalue weighted by Gasteiger charge is -2.25. The van der Waals surface area contributed by atoms with Crippen LogP contribution in [0.25, 0.3) is 0 Å². The zero-order valence-electron chi connectivity index (χ0n) is 11.8. The van der Waals surface area contributed by atoms with Gasteiger partial charge in [-0.3, -0.25) is 0 Å². The molecule has 1 aromatic carbocycles. The van der Waals surface area contributed by atoms with Crippen molar-refractivity contribution in [1.29, 1.82) is 0 Å². The molecule has 3 rings (SSSR count). The first-order valence-electron chi connectivity index (χ1n) is 7.11. The van der Waals surface area contributed by atoms with Crippen molar-refractivity contribution in [2.75, 3.05) is 13.2 Å². The summed E-state index contributed by atoms with van der Waals surface area (Å²) >= 11 is 0. The Hall–Kier alpha value is -1.43. The number of fused-ring (bicyclic) bond motifs is 1. The van der Waals surface area contributed by atoms with Crippen LogP contribution in [0.1, 0.15) is 37.3 Å². The van der Waals surface area contributed by atoms with Gasteiger partial charge in [0, 0.05) is 17.9 Å². The van der Waals surface area contributed by atoms with Crippen LogP contribution in [0, 0.1) is 0 Å². The summed E-state index contributed by atoms with van der Waals surface area (Å²) in [6, 6.07) is 2.22. The van der Waals surface area contributed by atoms with E-state index in [9.17, 15) is 13.2 Å². The molecule has 1 heterocycles. The Kier molecular flexibility index (Phi) is 3.31. The van der Waals surface area contributed by atoms with Crippen molar-refractivity contribution in [3.63, 3.8) is 0 Å². The smallest absolute Gasteiger partial charge is 0.416 e. The van der Waals surface area contributed by atoms with Crippen molar-refractivity contribution in [1.82, 2.24) is 0 Å². The molecule has 3 nitrogen and oxygen atoms in total. The predicted octanol–water partition coefficient (Wildman–Crippen LogP) is 3.25. The topological polar surface area (TPSA) is 44.5 Å². The highest BCUT2D eigenvalue weighted by molar-refractivity contribution is 5.53. The summed E-state index contributed by atoms with van der Waals surface area (Å²) in [5.41, 5.74) is 4.95. The molecular weight excluding hydrogens is 283 g/mol. The third-order valence-electron chi connectivity index (χ3n) is 4.39. The minimum atomic E-state index is -4.43. The molecule has 2 aliphatic rings. The number of nitrogens with two attached hydrogens (primary N) is 1. The second kappa shape index (κ2) is 4.80. The van der Waals surface area contributed by atoms with Crippen LogP contribution in [-0.4, -0.2) is 19.3 Å². The molecule has 0 spiro atoms. The van der Waals surface area contributed by atoms with Crippen LogP contribution in [0.2, 0.25) is 0 Å². The average Bonchev–Trinajstić information content (AvgIpc) is 3.20. The Morgan fingerprint density at radius 1 is 1.14 bits per heavy atom. The molecule has 1 fully saturated rings. The van der Waals surface area contributed by atoms with E-state index in [0.29, 0.717) is 38.2 Å². The van der Waals surface area contributed by atoms with Gasteiger partial charge in [0.1, 0.15) is 0 Å². The molecule has 2 N–H and O–H groups in total. The molecule has 0 amide bonds. The molecular formula is C15H18F3NO2. The summed E-state index contributed by atoms with van der Waals surface area (Å²) in [5.74, 6) is 0.562. The van der Waals surface area contributed by atoms with E-state index in [1.165, 1.54) is 6.07 Å². The first-order chi connectivity index (χ1) is 9.84. The Balaban J connectivity index is 2.15. The van der Waals surface area contributed by atoms with Gasteiger partial charge in [0.15, 0.2) is 11.5 Å². The van der Waals surface area contributed by atoms with Crippen LogP contribution < -0.4 is 15.2 Å². The van der Waals surface area contributed by atoms with E-state index in [4.69, 9.17) is 15.2 Å². The zero-order valence-corrected chi connectivity index (χ0v) is 11.8. The minimum Gasteiger partial charge on any atom is -0.490 e. The van der Waals surface area contributed by atoms with E-state index in [1.807, 2.05) is 0 Å². The second-order valence-electron chi connectivity index (χ2n) is 5.84. The number of benzene rings is 1. The van der Waals surface area contributed by atoms with Crippen LogP contribution in [0.15, 0.2) is 12.1 Å². The third kappa shape index (κ3) is 2.46. The molecule has 1 saturated carbocycles. The lowest BCUT2D eigenvalue weighted by molar-refractivity contribution is -0.138. The predicted molar refractivity (Wildman–Crippen MR) is 71.6 cm³/mol. The number of ether oxygens (including phenoxy) is 2. The highest BCUT2D eigenvalue weighted by Gasteiger charge is 2.52. The molecule has 0 saturated heterocycles. The molecule has 21 heavy (non-hydrogen) atoms. The maximum absolute atomic E-state index is 13.4. The summed E-state index contributed by atoms with van der Waals surface area (Å²) in [5, 5.41) is 0. The average molecular weight is 301 g/mol. The van der Waals surface area contributed by atoms with Gasteiger partial charge in [-0.25, -0.2) is 0 Å². The van der Waals surface area contributed by atoms with Crippen LogP contribution in [0.5, 0.6) is 11.5 Å². The van der Waals surface area contributed by atoms with Gasteiger partial charge < -0.3 is 15.2 Å². The summed E-state index contributed by atoms with van der Waals surface area (Å²) in [7, 11) is 0. The fourth-order valence-electron chi connectivity index (χ4n) is 2.96. The van der Waals surface area contributed by atoms with Crippen LogP contribution in [0.3, 0.4) is 0 Å². The Morgan fingerprint density at radius 3 is 2.19 bits per heavy atom. The quantitative estimate of drug-likeness (QED) is 0.912. The number of hydrogen-bond donors (Lipinski definition) is 1. The maximum atomic E-state index is 13.4. The molecule has 1 atom stereocenters. The normalized spacial score (nSPS) is 21.6. The number of halogens is 3. The summed E-state index contributed by atoms with van der Waals surface area (Å²) < 4.78 is 51.1. The van der Waals surface area contributed by atoms with Crippen molar-refractivity contribution in [2.24, 2.45) is 5.73 Å². The van der Waals surface area contributed by atoms with Crippen molar-refractivity contribution in [3.8, 4) is 11.5 Å². The van der Waals surface area contributed by atoms with E-state index in [-0.39, 0.29) is 17.4 Å². The molecule has 6 heteroatoms. The molecule has 1 unspecified atom stereocenters. The van der Waals surface area contributed by atoms with Crippen molar-refractivity contribution in [2.45, 2.75) is 43.8 Å². The monoisotopic (exact) mass is 301 g/mol. The number of hydrogen-bond acceptors (Lipinski definition) is 3.